The molecule has 4 nitrogen and oxygen atoms in total. The van der Waals surface area contributed by atoms with E-state index in [1.54, 1.807) is 12.1 Å². The van der Waals surface area contributed by atoms with E-state index in [1.807, 2.05) is 20.8 Å². The maximum absolute atomic E-state index is 11.1. The second-order valence-corrected chi connectivity index (χ2v) is 5.95. The van der Waals surface area contributed by atoms with Crippen molar-refractivity contribution in [3.63, 3.8) is 0 Å². The first-order valence-corrected chi connectivity index (χ1v) is 6.38. The summed E-state index contributed by atoms with van der Waals surface area (Å²) in [5.74, 6) is -0.218. The van der Waals surface area contributed by atoms with Gasteiger partial charge in [-0.1, -0.05) is 20.8 Å². The maximum Gasteiger partial charge on any atom is 0.335 e. The molecule has 0 amide bonds. The van der Waals surface area contributed by atoms with Gasteiger partial charge in [0.05, 0.1) is 5.56 Å². The normalized spacial score (nSPS) is 16.2. The van der Waals surface area contributed by atoms with Gasteiger partial charge < -0.3 is 10.4 Å². The molecule has 1 aromatic rings. The van der Waals surface area contributed by atoms with E-state index in [4.69, 9.17) is 5.11 Å². The Morgan fingerprint density at radius 2 is 2.06 bits per heavy atom. The van der Waals surface area contributed by atoms with Crippen LogP contribution < -0.4 is 5.32 Å². The maximum atomic E-state index is 11.1. The van der Waals surface area contributed by atoms with Gasteiger partial charge in [-0.25, -0.2) is 9.78 Å². The molecule has 2 N–H and O–H groups in total. The zero-order valence-electron chi connectivity index (χ0n) is 11.2. The SMILES string of the molecule is CC(C)(C)c1cc(C(=O)O)cc(NC2CCC2)n1. The second-order valence-electron chi connectivity index (χ2n) is 5.95. The minimum atomic E-state index is -0.903. The Labute approximate surface area is 107 Å². The fraction of sp³-hybridized carbons (Fsp3) is 0.571. The summed E-state index contributed by atoms with van der Waals surface area (Å²) in [5.41, 5.74) is 0.961. The van der Waals surface area contributed by atoms with Crippen molar-refractivity contribution >= 4 is 11.8 Å². The largest absolute Gasteiger partial charge is 0.478 e. The van der Waals surface area contributed by atoms with Crippen molar-refractivity contribution < 1.29 is 9.90 Å². The van der Waals surface area contributed by atoms with Gasteiger partial charge in [-0.15, -0.1) is 0 Å². The van der Waals surface area contributed by atoms with Crippen LogP contribution in [0.15, 0.2) is 12.1 Å². The van der Waals surface area contributed by atoms with E-state index in [9.17, 15) is 4.79 Å². The van der Waals surface area contributed by atoms with Crippen LogP contribution in [0.4, 0.5) is 5.82 Å². The Bertz CT molecular complexity index is 459. The van der Waals surface area contributed by atoms with Gasteiger partial charge in [-0.3, -0.25) is 0 Å². The van der Waals surface area contributed by atoms with Crippen LogP contribution in [-0.4, -0.2) is 22.1 Å². The zero-order chi connectivity index (χ0) is 13.3. The lowest BCUT2D eigenvalue weighted by atomic mass is 9.90. The minimum Gasteiger partial charge on any atom is -0.478 e. The van der Waals surface area contributed by atoms with Crippen molar-refractivity contribution in [2.24, 2.45) is 0 Å². The average Bonchev–Trinajstić information content (AvgIpc) is 2.22. The highest BCUT2D eigenvalue weighted by Gasteiger charge is 2.22. The van der Waals surface area contributed by atoms with Crippen LogP contribution in [0.25, 0.3) is 0 Å². The molecule has 1 saturated carbocycles. The third kappa shape index (κ3) is 2.81. The lowest BCUT2D eigenvalue weighted by Gasteiger charge is -2.28. The third-order valence-corrected chi connectivity index (χ3v) is 3.30. The molecular weight excluding hydrogens is 228 g/mol. The van der Waals surface area contributed by atoms with E-state index in [-0.39, 0.29) is 5.41 Å². The van der Waals surface area contributed by atoms with Crippen molar-refractivity contribution in [3.8, 4) is 0 Å². The fourth-order valence-electron chi connectivity index (χ4n) is 1.87. The Balaban J connectivity index is 2.32. The van der Waals surface area contributed by atoms with Crippen molar-refractivity contribution in [1.29, 1.82) is 0 Å². The molecule has 0 bridgehead atoms. The number of pyridine rings is 1. The summed E-state index contributed by atoms with van der Waals surface area (Å²) in [6, 6.07) is 3.74. The van der Waals surface area contributed by atoms with Crippen LogP contribution in [0.5, 0.6) is 0 Å². The molecule has 4 heteroatoms. The van der Waals surface area contributed by atoms with E-state index in [2.05, 4.69) is 10.3 Å². The molecule has 0 unspecified atom stereocenters. The number of nitrogens with one attached hydrogen (secondary N) is 1. The zero-order valence-corrected chi connectivity index (χ0v) is 11.2. The van der Waals surface area contributed by atoms with E-state index in [0.29, 0.717) is 17.4 Å². The average molecular weight is 248 g/mol. The van der Waals surface area contributed by atoms with E-state index < -0.39 is 5.97 Å². The molecular formula is C14H20N2O2. The van der Waals surface area contributed by atoms with Crippen LogP contribution in [-0.2, 0) is 5.41 Å². The summed E-state index contributed by atoms with van der Waals surface area (Å²) in [4.78, 5) is 15.7. The highest BCUT2D eigenvalue weighted by atomic mass is 16.4. The molecule has 0 atom stereocenters. The number of anilines is 1. The summed E-state index contributed by atoms with van der Waals surface area (Å²) in [7, 11) is 0. The van der Waals surface area contributed by atoms with Gasteiger partial charge in [0, 0.05) is 17.2 Å². The molecule has 2 rings (SSSR count). The molecule has 1 aromatic heterocycles. The molecule has 1 aliphatic rings. The monoisotopic (exact) mass is 248 g/mol. The lowest BCUT2D eigenvalue weighted by Crippen LogP contribution is -2.28. The quantitative estimate of drug-likeness (QED) is 0.863. The topological polar surface area (TPSA) is 62.2 Å². The highest BCUT2D eigenvalue weighted by Crippen LogP contribution is 2.26. The van der Waals surface area contributed by atoms with Crippen LogP contribution in [0.1, 0.15) is 56.1 Å². The molecule has 0 spiro atoms. The van der Waals surface area contributed by atoms with Crippen LogP contribution in [0.3, 0.4) is 0 Å². The minimum absolute atomic E-state index is 0.151. The number of carboxylic acids is 1. The Hall–Kier alpha value is -1.58. The summed E-state index contributed by atoms with van der Waals surface area (Å²) in [6.07, 6.45) is 3.52. The number of hydrogen-bond acceptors (Lipinski definition) is 3. The first-order chi connectivity index (χ1) is 8.36. The summed E-state index contributed by atoms with van der Waals surface area (Å²) >= 11 is 0. The fourth-order valence-corrected chi connectivity index (χ4v) is 1.87. The molecule has 0 aromatic carbocycles. The smallest absolute Gasteiger partial charge is 0.335 e. The van der Waals surface area contributed by atoms with Gasteiger partial charge in [-0.2, -0.15) is 0 Å². The first-order valence-electron chi connectivity index (χ1n) is 6.38. The van der Waals surface area contributed by atoms with Gasteiger partial charge in [0.25, 0.3) is 0 Å². The molecule has 98 valence electrons. The molecule has 1 heterocycles. The Kier molecular flexibility index (Phi) is 3.28. The number of aromatic nitrogens is 1. The number of carboxylic acid groups (broad SMARTS) is 1. The second kappa shape index (κ2) is 4.59. The van der Waals surface area contributed by atoms with Gasteiger partial charge >= 0.3 is 5.97 Å². The third-order valence-electron chi connectivity index (χ3n) is 3.30. The molecule has 0 radical (unpaired) electrons. The lowest BCUT2D eigenvalue weighted by molar-refractivity contribution is 0.0696. The van der Waals surface area contributed by atoms with Crippen molar-refractivity contribution in [2.75, 3.05) is 5.32 Å². The van der Waals surface area contributed by atoms with E-state index in [1.165, 1.54) is 6.42 Å². The standard InChI is InChI=1S/C14H20N2O2/c1-14(2,3)11-7-9(13(17)18)8-12(16-11)15-10-5-4-6-10/h7-8,10H,4-6H2,1-3H3,(H,15,16)(H,17,18). The number of hydrogen-bond donors (Lipinski definition) is 2. The Morgan fingerprint density at radius 3 is 2.50 bits per heavy atom. The highest BCUT2D eigenvalue weighted by molar-refractivity contribution is 5.88. The van der Waals surface area contributed by atoms with Crippen molar-refractivity contribution in [1.82, 2.24) is 4.98 Å². The van der Waals surface area contributed by atoms with Gasteiger partial charge in [0.15, 0.2) is 0 Å². The predicted molar refractivity (Wildman–Crippen MR) is 71.2 cm³/mol. The first kappa shape index (κ1) is 12.9. The number of aromatic carboxylic acids is 1. The van der Waals surface area contributed by atoms with Crippen LogP contribution in [0, 0.1) is 0 Å². The predicted octanol–water partition coefficient (Wildman–Crippen LogP) is 3.04. The number of rotatable bonds is 3. The van der Waals surface area contributed by atoms with Crippen LogP contribution in [0.2, 0.25) is 0 Å². The molecule has 1 fully saturated rings. The molecule has 18 heavy (non-hydrogen) atoms. The van der Waals surface area contributed by atoms with Gasteiger partial charge in [0.1, 0.15) is 5.82 Å². The summed E-state index contributed by atoms with van der Waals surface area (Å²) < 4.78 is 0. The van der Waals surface area contributed by atoms with E-state index in [0.717, 1.165) is 18.5 Å². The Morgan fingerprint density at radius 1 is 1.39 bits per heavy atom. The van der Waals surface area contributed by atoms with E-state index >= 15 is 0 Å². The summed E-state index contributed by atoms with van der Waals surface area (Å²) in [5, 5.41) is 12.5. The summed E-state index contributed by atoms with van der Waals surface area (Å²) in [6.45, 7) is 6.11. The van der Waals surface area contributed by atoms with Gasteiger partial charge in [0.2, 0.25) is 0 Å². The molecule has 1 aliphatic carbocycles. The molecule has 0 aliphatic heterocycles. The van der Waals surface area contributed by atoms with Crippen LogP contribution >= 0.6 is 0 Å². The van der Waals surface area contributed by atoms with Gasteiger partial charge in [-0.05, 0) is 31.4 Å². The number of carbonyl (C=O) groups is 1. The molecule has 0 saturated heterocycles. The number of nitrogens with zero attached hydrogens (tertiary/aromatic N) is 1. The van der Waals surface area contributed by atoms with Crippen molar-refractivity contribution in [3.05, 3.63) is 23.4 Å². The van der Waals surface area contributed by atoms with Crippen molar-refractivity contribution in [2.45, 2.75) is 51.5 Å².